The molecule has 140 valence electrons. The SMILES string of the molecule is CCOC(=NC(=O)c1ccncc1)N1Cc2ccccc2-c2ccccc2C1. The highest BCUT2D eigenvalue weighted by atomic mass is 16.5. The fourth-order valence-corrected chi connectivity index (χ4v) is 3.41. The van der Waals surface area contributed by atoms with E-state index >= 15 is 0 Å². The molecule has 1 aliphatic rings. The van der Waals surface area contributed by atoms with Gasteiger partial charge in [-0.15, -0.1) is 0 Å². The topological polar surface area (TPSA) is 54.8 Å². The van der Waals surface area contributed by atoms with Gasteiger partial charge < -0.3 is 9.64 Å². The van der Waals surface area contributed by atoms with Crippen LogP contribution in [-0.4, -0.2) is 28.4 Å². The van der Waals surface area contributed by atoms with Crippen molar-refractivity contribution in [2.24, 2.45) is 4.99 Å². The molecule has 2 aromatic carbocycles. The van der Waals surface area contributed by atoms with Gasteiger partial charge in [0.1, 0.15) is 0 Å². The number of carbonyl (C=O) groups is 1. The number of aliphatic imine (C=N–C) groups is 1. The summed E-state index contributed by atoms with van der Waals surface area (Å²) in [5.41, 5.74) is 5.25. The van der Waals surface area contributed by atoms with Crippen LogP contribution in [0.4, 0.5) is 0 Å². The minimum atomic E-state index is -0.336. The quantitative estimate of drug-likeness (QED) is 0.498. The molecule has 0 saturated carbocycles. The number of benzene rings is 2. The molecule has 28 heavy (non-hydrogen) atoms. The first kappa shape index (κ1) is 17.9. The zero-order valence-electron chi connectivity index (χ0n) is 15.7. The molecule has 0 aliphatic carbocycles. The van der Waals surface area contributed by atoms with Crippen molar-refractivity contribution in [1.29, 1.82) is 0 Å². The smallest absolute Gasteiger partial charge is 0.296 e. The Hall–Kier alpha value is -3.47. The maximum Gasteiger partial charge on any atom is 0.296 e. The number of pyridine rings is 1. The molecule has 2 heterocycles. The average molecular weight is 371 g/mol. The lowest BCUT2D eigenvalue weighted by Crippen LogP contribution is -2.32. The third-order valence-corrected chi connectivity index (χ3v) is 4.72. The predicted molar refractivity (Wildman–Crippen MR) is 109 cm³/mol. The summed E-state index contributed by atoms with van der Waals surface area (Å²) in [5.74, 6) is -0.336. The summed E-state index contributed by atoms with van der Waals surface area (Å²) in [7, 11) is 0. The Morgan fingerprint density at radius 1 is 0.964 bits per heavy atom. The summed E-state index contributed by atoms with van der Waals surface area (Å²) >= 11 is 0. The highest BCUT2D eigenvalue weighted by molar-refractivity contribution is 6.01. The molecule has 1 aromatic heterocycles. The highest BCUT2D eigenvalue weighted by Gasteiger charge is 2.23. The number of aromatic nitrogens is 1. The number of carbonyl (C=O) groups excluding carboxylic acids is 1. The van der Waals surface area contributed by atoms with Gasteiger partial charge in [0.05, 0.1) is 6.61 Å². The number of hydrogen-bond acceptors (Lipinski definition) is 3. The van der Waals surface area contributed by atoms with Gasteiger partial charge in [0.15, 0.2) is 0 Å². The minimum absolute atomic E-state index is 0.336. The Labute approximate surface area is 164 Å². The van der Waals surface area contributed by atoms with Gasteiger partial charge in [-0.25, -0.2) is 0 Å². The summed E-state index contributed by atoms with van der Waals surface area (Å²) in [6.45, 7) is 3.56. The molecule has 5 nitrogen and oxygen atoms in total. The van der Waals surface area contributed by atoms with Crippen LogP contribution in [0.3, 0.4) is 0 Å². The van der Waals surface area contributed by atoms with Crippen LogP contribution in [0.2, 0.25) is 0 Å². The summed E-state index contributed by atoms with van der Waals surface area (Å²) in [5, 5.41) is 0. The largest absolute Gasteiger partial charge is 0.465 e. The Bertz CT molecular complexity index is 968. The van der Waals surface area contributed by atoms with Crippen LogP contribution in [0.15, 0.2) is 78.0 Å². The van der Waals surface area contributed by atoms with E-state index in [0.29, 0.717) is 31.3 Å². The second kappa shape index (κ2) is 8.05. The van der Waals surface area contributed by atoms with E-state index in [-0.39, 0.29) is 5.91 Å². The Morgan fingerprint density at radius 2 is 1.54 bits per heavy atom. The lowest BCUT2D eigenvalue weighted by molar-refractivity contribution is 0.0993. The van der Waals surface area contributed by atoms with Crippen molar-refractivity contribution in [2.45, 2.75) is 20.0 Å². The zero-order valence-corrected chi connectivity index (χ0v) is 15.7. The molecular formula is C23H21N3O2. The van der Waals surface area contributed by atoms with E-state index in [4.69, 9.17) is 4.74 Å². The van der Waals surface area contributed by atoms with Gasteiger partial charge in [0, 0.05) is 31.0 Å². The average Bonchev–Trinajstić information content (AvgIpc) is 2.91. The van der Waals surface area contributed by atoms with Gasteiger partial charge in [-0.3, -0.25) is 9.78 Å². The molecule has 3 aromatic rings. The Kier molecular flexibility index (Phi) is 5.15. The molecule has 0 radical (unpaired) electrons. The number of fused-ring (bicyclic) bond motifs is 3. The standard InChI is InChI=1S/C23H21N3O2/c1-2-28-23(25-22(27)17-11-13-24-14-12-17)26-15-18-7-3-5-9-20(18)21-10-6-4-8-19(21)16-26/h3-14H,2,15-16H2,1H3. The molecule has 0 fully saturated rings. The molecule has 0 saturated heterocycles. The number of amides is 1. The van der Waals surface area contributed by atoms with Crippen molar-refractivity contribution in [2.75, 3.05) is 6.61 Å². The first-order valence-corrected chi connectivity index (χ1v) is 9.33. The van der Waals surface area contributed by atoms with E-state index in [1.165, 1.54) is 22.3 Å². The van der Waals surface area contributed by atoms with E-state index in [1.807, 2.05) is 24.0 Å². The van der Waals surface area contributed by atoms with E-state index in [0.717, 1.165) is 0 Å². The lowest BCUT2D eigenvalue weighted by Gasteiger charge is -2.24. The van der Waals surface area contributed by atoms with E-state index in [9.17, 15) is 4.79 Å². The number of amidine groups is 1. The molecule has 0 bridgehead atoms. The van der Waals surface area contributed by atoms with Crippen LogP contribution in [-0.2, 0) is 17.8 Å². The predicted octanol–water partition coefficient (Wildman–Crippen LogP) is 4.30. The fourth-order valence-electron chi connectivity index (χ4n) is 3.41. The molecular weight excluding hydrogens is 350 g/mol. The Balaban J connectivity index is 1.74. The molecule has 4 rings (SSSR count). The molecule has 1 aliphatic heterocycles. The molecule has 0 spiro atoms. The van der Waals surface area contributed by atoms with Gasteiger partial charge in [0.2, 0.25) is 0 Å². The van der Waals surface area contributed by atoms with E-state index in [1.54, 1.807) is 24.5 Å². The third-order valence-electron chi connectivity index (χ3n) is 4.72. The second-order valence-corrected chi connectivity index (χ2v) is 6.54. The Morgan fingerprint density at radius 3 is 2.11 bits per heavy atom. The van der Waals surface area contributed by atoms with Crippen molar-refractivity contribution in [1.82, 2.24) is 9.88 Å². The number of ether oxygens (including phenoxy) is 1. The first-order valence-electron chi connectivity index (χ1n) is 9.33. The molecule has 5 heteroatoms. The lowest BCUT2D eigenvalue weighted by atomic mass is 9.97. The second-order valence-electron chi connectivity index (χ2n) is 6.54. The monoisotopic (exact) mass is 371 g/mol. The first-order chi connectivity index (χ1) is 13.8. The molecule has 0 unspecified atom stereocenters. The number of rotatable bonds is 2. The van der Waals surface area contributed by atoms with Crippen molar-refractivity contribution >= 4 is 11.9 Å². The van der Waals surface area contributed by atoms with Crippen LogP contribution in [0.1, 0.15) is 28.4 Å². The summed E-state index contributed by atoms with van der Waals surface area (Å²) < 4.78 is 5.80. The van der Waals surface area contributed by atoms with Crippen molar-refractivity contribution in [3.63, 3.8) is 0 Å². The highest BCUT2D eigenvalue weighted by Crippen LogP contribution is 2.32. The van der Waals surface area contributed by atoms with Crippen LogP contribution >= 0.6 is 0 Å². The molecule has 1 amide bonds. The third kappa shape index (κ3) is 3.64. The maximum atomic E-state index is 12.6. The van der Waals surface area contributed by atoms with E-state index in [2.05, 4.69) is 46.4 Å². The normalized spacial score (nSPS) is 13.3. The van der Waals surface area contributed by atoms with Gasteiger partial charge in [-0.05, 0) is 41.3 Å². The van der Waals surface area contributed by atoms with Crippen LogP contribution in [0.25, 0.3) is 11.1 Å². The van der Waals surface area contributed by atoms with Crippen molar-refractivity contribution in [3.05, 3.63) is 89.7 Å². The summed E-state index contributed by atoms with van der Waals surface area (Å²) in [6.07, 6.45) is 3.17. The maximum absolute atomic E-state index is 12.6. The van der Waals surface area contributed by atoms with Gasteiger partial charge in [0.25, 0.3) is 11.9 Å². The van der Waals surface area contributed by atoms with Crippen LogP contribution < -0.4 is 0 Å². The number of nitrogens with zero attached hydrogens (tertiary/aromatic N) is 3. The molecule has 0 N–H and O–H groups in total. The fraction of sp³-hybridized carbons (Fsp3) is 0.174. The van der Waals surface area contributed by atoms with Gasteiger partial charge in [-0.2, -0.15) is 4.99 Å². The minimum Gasteiger partial charge on any atom is -0.465 e. The van der Waals surface area contributed by atoms with Gasteiger partial charge in [-0.1, -0.05) is 48.5 Å². The summed E-state index contributed by atoms with van der Waals surface area (Å²) in [4.78, 5) is 22.9. The molecule has 0 atom stereocenters. The zero-order chi connectivity index (χ0) is 19.3. The van der Waals surface area contributed by atoms with Crippen LogP contribution in [0.5, 0.6) is 0 Å². The summed E-state index contributed by atoms with van der Waals surface area (Å²) in [6, 6.07) is 20.3. The van der Waals surface area contributed by atoms with Crippen LogP contribution in [0, 0.1) is 0 Å². The van der Waals surface area contributed by atoms with E-state index < -0.39 is 0 Å². The van der Waals surface area contributed by atoms with Crippen molar-refractivity contribution in [3.8, 4) is 11.1 Å². The van der Waals surface area contributed by atoms with Crippen molar-refractivity contribution < 1.29 is 9.53 Å². The number of hydrogen-bond donors (Lipinski definition) is 0. The van der Waals surface area contributed by atoms with Gasteiger partial charge >= 0.3 is 0 Å².